The van der Waals surface area contributed by atoms with Crippen LogP contribution < -0.4 is 51.4 Å². The van der Waals surface area contributed by atoms with Crippen molar-refractivity contribution < 1.29 is 76.0 Å². The molecule has 0 bridgehead atoms. The molecule has 2 saturated heterocycles. The van der Waals surface area contributed by atoms with E-state index in [-0.39, 0.29) is 80.0 Å². The Morgan fingerprint density at radius 2 is 1.08 bits per heavy atom. The number of rotatable bonds is 8. The van der Waals surface area contributed by atoms with Gasteiger partial charge in [-0.15, -0.1) is 11.6 Å². The monoisotopic (exact) mass is 902 g/mol. The van der Waals surface area contributed by atoms with Gasteiger partial charge in [-0.2, -0.15) is 0 Å². The van der Waals surface area contributed by atoms with E-state index in [4.69, 9.17) is 23.8 Å². The van der Waals surface area contributed by atoms with Crippen molar-refractivity contribution in [2.24, 2.45) is 0 Å². The zero-order valence-electron chi connectivity index (χ0n) is 34.4. The number of likely N-dealkylation sites (tertiary alicyclic amines) is 2. The first-order valence-electron chi connectivity index (χ1n) is 20.6. The average molecular weight is 904 g/mol. The normalized spacial score (nSPS) is 15.9. The molecule has 0 unspecified atom stereocenters. The van der Waals surface area contributed by atoms with Gasteiger partial charge in [-0.25, -0.2) is 4.98 Å². The van der Waals surface area contributed by atoms with Crippen molar-refractivity contribution in [1.82, 2.24) is 29.7 Å². The third-order valence-electron chi connectivity index (χ3n) is 11.5. The van der Waals surface area contributed by atoms with E-state index in [9.17, 15) is 19.2 Å². The predicted octanol–water partition coefficient (Wildman–Crippen LogP) is 6.24. The number of hydrogen-bond acceptors (Lipinski definition) is 10. The van der Waals surface area contributed by atoms with Crippen molar-refractivity contribution in [1.29, 1.82) is 0 Å². The van der Waals surface area contributed by atoms with Crippen LogP contribution in [0.15, 0.2) is 78.0 Å². The van der Waals surface area contributed by atoms with Crippen LogP contribution in [0.25, 0.3) is 22.1 Å². The number of imidazole rings is 2. The summed E-state index contributed by atoms with van der Waals surface area (Å²) in [6.07, 6.45) is 10.5. The largest absolute Gasteiger partial charge is 1.00 e. The molecule has 2 fully saturated rings. The van der Waals surface area contributed by atoms with Crippen molar-refractivity contribution in [3.63, 3.8) is 0 Å². The molecule has 0 saturated carbocycles. The fourth-order valence-corrected chi connectivity index (χ4v) is 9.63. The number of fused-ring (bicyclic) bond motifs is 8. The number of piperidine rings is 2. The van der Waals surface area contributed by atoms with Crippen molar-refractivity contribution in [3.05, 3.63) is 122 Å². The Morgan fingerprint density at radius 3 is 1.64 bits per heavy atom. The molecular formula is C46H48ClKN6O5S2. The maximum absolute atomic E-state index is 13.1. The molecule has 0 atom stereocenters. The first-order valence-corrected chi connectivity index (χ1v) is 22.5. The van der Waals surface area contributed by atoms with Gasteiger partial charge in [0.2, 0.25) is 0 Å². The Hall–Kier alpha value is -3.12. The van der Waals surface area contributed by atoms with Crippen molar-refractivity contribution in [2.75, 3.05) is 50.9 Å². The van der Waals surface area contributed by atoms with Crippen molar-refractivity contribution in [3.8, 4) is 0 Å². The van der Waals surface area contributed by atoms with Gasteiger partial charge in [-0.1, -0.05) is 73.1 Å². The van der Waals surface area contributed by atoms with Gasteiger partial charge in [-0.3, -0.25) is 19.2 Å². The summed E-state index contributed by atoms with van der Waals surface area (Å²) in [5.74, 6) is 1.30. The number of carbonyl (C=O) groups excluding carboxylic acids is 4. The number of aromatic nitrogens is 4. The zero-order valence-corrected chi connectivity index (χ0v) is 39.9. The second-order valence-electron chi connectivity index (χ2n) is 15.4. The summed E-state index contributed by atoms with van der Waals surface area (Å²) in [6.45, 7) is 7.39. The molecule has 61 heavy (non-hydrogen) atoms. The summed E-state index contributed by atoms with van der Waals surface area (Å²) in [5.41, 5.74) is 6.30. The molecule has 2 aliphatic heterocycles. The SMILES string of the molecule is ClCCCN1CCCCC1.O=C1c2ccccc2C(=O)c2c1ccc1[nH]c(=S)[nH]c21.O=C1c2ccccc2C(=O)c2c1ccc1[nH]c(SCCCN3CCCCC3)nc21.[K+].[OH-]. The molecule has 6 aromatic rings. The van der Waals surface area contributed by atoms with Crippen LogP contribution in [-0.2, 0) is 0 Å². The fraction of sp³-hybridized carbons (Fsp3) is 0.348. The molecule has 10 rings (SSSR count). The fourth-order valence-electron chi connectivity index (χ4n) is 8.49. The quantitative estimate of drug-likeness (QED) is 0.0523. The Balaban J connectivity index is 0.000000169. The standard InChI is InChI=1S/C23H23N3O2S.C15H8N2O2S.C8H16ClN.K.H2O/c27-21-15-7-2-3-8-16(15)22(28)19-17(21)9-10-18-20(19)25-23(24-18)29-14-6-13-26-11-4-1-5-12-26;18-13-7-3-1-2-4-8(7)14(19)11-9(13)5-6-10-12(11)17-15(20)16-10;9-5-4-8-10-6-2-1-3-7-10;;/h2-3,7-10H,1,4-6,11-14H2,(H,24,25);1-6H,(H2,16,17,20);1-8H2;;1H2/q;;;+1;/p-1. The van der Waals surface area contributed by atoms with Crippen LogP contribution >= 0.6 is 35.6 Å². The van der Waals surface area contributed by atoms with E-state index in [1.54, 1.807) is 78.5 Å². The van der Waals surface area contributed by atoms with Crippen LogP contribution in [-0.4, -0.2) is 109 Å². The Labute approximate surface area is 411 Å². The van der Waals surface area contributed by atoms with Crippen LogP contribution in [0.3, 0.4) is 0 Å². The van der Waals surface area contributed by atoms with E-state index >= 15 is 0 Å². The Bertz CT molecular complexity index is 2610. The number of nitrogens with one attached hydrogen (secondary N) is 3. The predicted molar refractivity (Wildman–Crippen MR) is 239 cm³/mol. The summed E-state index contributed by atoms with van der Waals surface area (Å²) in [6, 6.07) is 21.0. The molecule has 15 heteroatoms. The van der Waals surface area contributed by atoms with E-state index in [1.807, 2.05) is 6.07 Å². The van der Waals surface area contributed by atoms with Crippen LogP contribution in [0.2, 0.25) is 0 Å². The van der Waals surface area contributed by atoms with Gasteiger partial charge in [0.25, 0.3) is 0 Å². The summed E-state index contributed by atoms with van der Waals surface area (Å²) in [4.78, 5) is 70.1. The number of aromatic amines is 3. The number of benzene rings is 4. The smallest absolute Gasteiger partial charge is 0.870 e. The molecule has 4 heterocycles. The first-order chi connectivity index (χ1) is 28.8. The van der Waals surface area contributed by atoms with Gasteiger partial charge < -0.3 is 30.2 Å². The van der Waals surface area contributed by atoms with Crippen molar-refractivity contribution >= 4 is 80.8 Å². The molecule has 312 valence electrons. The van der Waals surface area contributed by atoms with Crippen LogP contribution in [0, 0.1) is 4.77 Å². The molecule has 0 amide bonds. The summed E-state index contributed by atoms with van der Waals surface area (Å²) in [7, 11) is 0. The molecule has 0 radical (unpaired) electrons. The Kier molecular flexibility index (Phi) is 17.1. The van der Waals surface area contributed by atoms with E-state index in [0.717, 1.165) is 47.2 Å². The first kappa shape index (κ1) is 47.4. The third-order valence-corrected chi connectivity index (χ3v) is 12.9. The third kappa shape index (κ3) is 10.5. The van der Waals surface area contributed by atoms with Gasteiger partial charge in [0.1, 0.15) is 5.52 Å². The molecule has 0 spiro atoms. The molecular weight excluding hydrogens is 855 g/mol. The number of H-pyrrole nitrogens is 3. The molecule has 11 nitrogen and oxygen atoms in total. The summed E-state index contributed by atoms with van der Waals surface area (Å²) >= 11 is 12.3. The van der Waals surface area contributed by atoms with Gasteiger partial charge in [0, 0.05) is 45.0 Å². The number of hydrogen-bond donors (Lipinski definition) is 3. The second kappa shape index (κ2) is 22.0. The maximum Gasteiger partial charge on any atom is 1.00 e. The van der Waals surface area contributed by atoms with E-state index in [1.165, 1.54) is 71.2 Å². The molecule has 2 aromatic heterocycles. The van der Waals surface area contributed by atoms with E-state index < -0.39 is 0 Å². The van der Waals surface area contributed by atoms with Gasteiger partial charge >= 0.3 is 51.4 Å². The van der Waals surface area contributed by atoms with E-state index in [0.29, 0.717) is 60.3 Å². The molecule has 4 aromatic carbocycles. The number of thioether (sulfide) groups is 1. The van der Waals surface area contributed by atoms with Crippen LogP contribution in [0.1, 0.15) is 115 Å². The topological polar surface area (TPSA) is 165 Å². The number of ketones is 4. The average Bonchev–Trinajstić information content (AvgIpc) is 3.88. The van der Waals surface area contributed by atoms with Crippen LogP contribution in [0.4, 0.5) is 0 Å². The van der Waals surface area contributed by atoms with Crippen LogP contribution in [0.5, 0.6) is 0 Å². The number of nitrogens with zero attached hydrogens (tertiary/aromatic N) is 3. The minimum absolute atomic E-state index is 0. The molecule has 4 N–H and O–H groups in total. The van der Waals surface area contributed by atoms with Crippen molar-refractivity contribution in [2.45, 2.75) is 56.5 Å². The van der Waals surface area contributed by atoms with E-state index in [2.05, 4.69) is 29.7 Å². The number of alkyl halides is 1. The molecule has 2 aliphatic carbocycles. The van der Waals surface area contributed by atoms with Gasteiger partial charge in [0.15, 0.2) is 33.1 Å². The van der Waals surface area contributed by atoms with Gasteiger partial charge in [-0.05, 0) is 114 Å². The minimum atomic E-state index is -0.147. The minimum Gasteiger partial charge on any atom is -0.870 e. The maximum atomic E-state index is 13.1. The number of halogens is 1. The Morgan fingerprint density at radius 1 is 0.590 bits per heavy atom. The second-order valence-corrected chi connectivity index (χ2v) is 17.2. The summed E-state index contributed by atoms with van der Waals surface area (Å²) in [5, 5.41) is 0.811. The number of carbonyl (C=O) groups is 4. The zero-order chi connectivity index (χ0) is 40.9. The summed E-state index contributed by atoms with van der Waals surface area (Å²) < 4.78 is 0.438. The van der Waals surface area contributed by atoms with Gasteiger partial charge in [0.05, 0.1) is 27.7 Å². The molecule has 4 aliphatic rings.